The van der Waals surface area contributed by atoms with Crippen molar-refractivity contribution in [2.24, 2.45) is 0 Å². The van der Waals surface area contributed by atoms with Crippen LogP contribution < -0.4 is 0 Å². The summed E-state index contributed by atoms with van der Waals surface area (Å²) in [4.78, 5) is 15.2. The quantitative estimate of drug-likeness (QED) is 0.321. The van der Waals surface area contributed by atoms with Gasteiger partial charge in [0.1, 0.15) is 28.2 Å². The Labute approximate surface area is 210 Å². The van der Waals surface area contributed by atoms with Gasteiger partial charge in [0.15, 0.2) is 0 Å². The van der Waals surface area contributed by atoms with Crippen molar-refractivity contribution in [1.29, 1.82) is 0 Å². The molecule has 35 heavy (non-hydrogen) atoms. The van der Waals surface area contributed by atoms with Crippen molar-refractivity contribution in [3.8, 4) is 21.7 Å². The van der Waals surface area contributed by atoms with E-state index in [0.29, 0.717) is 59.3 Å². The summed E-state index contributed by atoms with van der Waals surface area (Å²) in [6.07, 6.45) is 6.07. The van der Waals surface area contributed by atoms with Crippen molar-refractivity contribution in [2.45, 2.75) is 50.4 Å². The molecule has 1 saturated heterocycles. The Hall–Kier alpha value is -2.39. The molecule has 1 aromatic carbocycles. The molecule has 0 radical (unpaired) electrons. The first-order chi connectivity index (χ1) is 16.9. The van der Waals surface area contributed by atoms with E-state index in [9.17, 15) is 9.50 Å². The van der Waals surface area contributed by atoms with Crippen LogP contribution in [-0.4, -0.2) is 44.2 Å². The lowest BCUT2D eigenvalue weighted by Gasteiger charge is -2.34. The van der Waals surface area contributed by atoms with Gasteiger partial charge < -0.3 is 10.1 Å². The second-order valence-electron chi connectivity index (χ2n) is 9.60. The minimum Gasteiger partial charge on any atom is -0.383 e. The van der Waals surface area contributed by atoms with Crippen molar-refractivity contribution < 1.29 is 13.9 Å². The minimum absolute atomic E-state index is 0.282. The standard InChI is InChI=1S/C26H25ClF2N4OS/c27-19-12-30-24-18(23(19)22-13-31-25(35-22)26(34)6-1-7-26)11-21(32-24)15-2-3-16(20(29)10-15)14-33-8-4-17(28)5-9-33/h2-3,10-13,17,34H,1,4-9,14H2,(H,30,32). The molecule has 0 amide bonds. The number of aromatic amines is 1. The fraction of sp³-hybridized carbons (Fsp3) is 0.385. The smallest absolute Gasteiger partial charge is 0.138 e. The van der Waals surface area contributed by atoms with E-state index in [1.807, 2.05) is 12.1 Å². The van der Waals surface area contributed by atoms with E-state index < -0.39 is 11.8 Å². The van der Waals surface area contributed by atoms with Gasteiger partial charge in [-0.1, -0.05) is 23.7 Å². The van der Waals surface area contributed by atoms with Crippen LogP contribution in [0.5, 0.6) is 0 Å². The molecule has 2 aliphatic rings. The van der Waals surface area contributed by atoms with Crippen molar-refractivity contribution in [1.82, 2.24) is 19.9 Å². The van der Waals surface area contributed by atoms with E-state index >= 15 is 4.39 Å². The summed E-state index contributed by atoms with van der Waals surface area (Å²) in [5, 5.41) is 12.7. The molecule has 1 saturated carbocycles. The maximum Gasteiger partial charge on any atom is 0.138 e. The number of benzene rings is 1. The number of aromatic nitrogens is 3. The molecule has 0 bridgehead atoms. The lowest BCUT2D eigenvalue weighted by atomic mass is 9.81. The van der Waals surface area contributed by atoms with Crippen LogP contribution in [0.2, 0.25) is 5.02 Å². The second kappa shape index (κ2) is 8.92. The van der Waals surface area contributed by atoms with Crippen LogP contribution in [0.3, 0.4) is 0 Å². The molecule has 1 aliphatic heterocycles. The van der Waals surface area contributed by atoms with Crippen LogP contribution in [0.1, 0.15) is 42.7 Å². The van der Waals surface area contributed by atoms with Crippen LogP contribution in [-0.2, 0) is 12.1 Å². The molecule has 1 aliphatic carbocycles. The predicted molar refractivity (Wildman–Crippen MR) is 135 cm³/mol. The number of piperidine rings is 1. The highest BCUT2D eigenvalue weighted by Crippen LogP contribution is 2.46. The van der Waals surface area contributed by atoms with E-state index in [4.69, 9.17) is 11.6 Å². The number of rotatable bonds is 5. The second-order valence-corrected chi connectivity index (χ2v) is 11.0. The van der Waals surface area contributed by atoms with Crippen LogP contribution in [0.25, 0.3) is 32.7 Å². The molecule has 4 aromatic rings. The van der Waals surface area contributed by atoms with Gasteiger partial charge in [0.25, 0.3) is 0 Å². The lowest BCUT2D eigenvalue weighted by Crippen LogP contribution is -2.34. The highest BCUT2D eigenvalue weighted by atomic mass is 35.5. The summed E-state index contributed by atoms with van der Waals surface area (Å²) in [6, 6.07) is 7.15. The van der Waals surface area contributed by atoms with Crippen molar-refractivity contribution >= 4 is 34.0 Å². The summed E-state index contributed by atoms with van der Waals surface area (Å²) in [7, 11) is 0. The molecule has 0 spiro atoms. The predicted octanol–water partition coefficient (Wildman–Crippen LogP) is 6.45. The minimum atomic E-state index is -0.827. The van der Waals surface area contributed by atoms with Crippen molar-refractivity contribution in [3.05, 3.63) is 58.1 Å². The van der Waals surface area contributed by atoms with E-state index in [1.165, 1.54) is 17.4 Å². The number of H-pyrrole nitrogens is 1. The molecule has 2 N–H and O–H groups in total. The Balaban J connectivity index is 1.31. The van der Waals surface area contributed by atoms with E-state index in [-0.39, 0.29) is 5.82 Å². The van der Waals surface area contributed by atoms with E-state index in [2.05, 4.69) is 19.9 Å². The Morgan fingerprint density at radius 2 is 1.97 bits per heavy atom. The third-order valence-electron chi connectivity index (χ3n) is 7.22. The van der Waals surface area contributed by atoms with E-state index in [1.54, 1.807) is 18.5 Å². The van der Waals surface area contributed by atoms with Crippen LogP contribution in [0, 0.1) is 5.82 Å². The van der Waals surface area contributed by atoms with Gasteiger partial charge in [-0.15, -0.1) is 11.3 Å². The number of hydrogen-bond acceptors (Lipinski definition) is 5. The van der Waals surface area contributed by atoms with Crippen LogP contribution >= 0.6 is 22.9 Å². The number of pyridine rings is 1. The van der Waals surface area contributed by atoms with Gasteiger partial charge in [-0.25, -0.2) is 18.7 Å². The zero-order valence-electron chi connectivity index (χ0n) is 19.0. The number of alkyl halides is 1. The van der Waals surface area contributed by atoms with Crippen molar-refractivity contribution in [3.63, 3.8) is 0 Å². The summed E-state index contributed by atoms with van der Waals surface area (Å²) >= 11 is 8.01. The number of likely N-dealkylation sites (tertiary alicyclic amines) is 1. The normalized spacial score (nSPS) is 18.7. The lowest BCUT2D eigenvalue weighted by molar-refractivity contribution is -0.0389. The van der Waals surface area contributed by atoms with Gasteiger partial charge in [-0.3, -0.25) is 4.90 Å². The Kier molecular flexibility index (Phi) is 5.87. The maximum absolute atomic E-state index is 15.0. The van der Waals surface area contributed by atoms with Crippen LogP contribution in [0.4, 0.5) is 8.78 Å². The fourth-order valence-corrected chi connectivity index (χ4v) is 6.37. The average Bonchev–Trinajstić information content (AvgIpc) is 3.48. The average molecular weight is 515 g/mol. The molecule has 2 fully saturated rings. The van der Waals surface area contributed by atoms with Crippen molar-refractivity contribution in [2.75, 3.05) is 13.1 Å². The number of aliphatic hydroxyl groups is 1. The van der Waals surface area contributed by atoms with E-state index in [0.717, 1.165) is 40.8 Å². The third kappa shape index (κ3) is 4.27. The largest absolute Gasteiger partial charge is 0.383 e. The third-order valence-corrected chi connectivity index (χ3v) is 8.71. The molecule has 0 atom stereocenters. The maximum atomic E-state index is 15.0. The molecule has 6 rings (SSSR count). The molecule has 3 aromatic heterocycles. The SMILES string of the molecule is OC1(c2ncc(-c3c(Cl)cnc4[nH]c(-c5ccc(CN6CCC(F)CC6)c(F)c5)cc34)s2)CCC1. The highest BCUT2D eigenvalue weighted by Gasteiger charge is 2.39. The molecule has 5 nitrogen and oxygen atoms in total. The summed E-state index contributed by atoms with van der Waals surface area (Å²) in [6.45, 7) is 1.78. The fourth-order valence-electron chi connectivity index (χ4n) is 4.93. The Morgan fingerprint density at radius 3 is 2.69 bits per heavy atom. The number of fused-ring (bicyclic) bond motifs is 1. The number of halogens is 3. The Morgan fingerprint density at radius 1 is 1.17 bits per heavy atom. The van der Waals surface area contributed by atoms with Gasteiger partial charge in [-0.05, 0) is 44.2 Å². The summed E-state index contributed by atoms with van der Waals surface area (Å²) in [5.41, 5.74) is 2.68. The molecule has 182 valence electrons. The van der Waals surface area contributed by atoms with Gasteiger partial charge in [0.05, 0.1) is 9.90 Å². The van der Waals surface area contributed by atoms with Crippen LogP contribution in [0.15, 0.2) is 36.7 Å². The Bertz CT molecular complexity index is 1390. The van der Waals surface area contributed by atoms with Gasteiger partial charge in [-0.2, -0.15) is 0 Å². The molecule has 9 heteroatoms. The molecule has 4 heterocycles. The number of thiazole rings is 1. The van der Waals surface area contributed by atoms with Gasteiger partial charge in [0.2, 0.25) is 0 Å². The van der Waals surface area contributed by atoms with Gasteiger partial charge in [0, 0.05) is 59.8 Å². The molecular weight excluding hydrogens is 490 g/mol. The number of nitrogens with one attached hydrogen (secondary N) is 1. The van der Waals surface area contributed by atoms with Gasteiger partial charge >= 0.3 is 0 Å². The number of hydrogen-bond donors (Lipinski definition) is 2. The topological polar surface area (TPSA) is 65.0 Å². The first kappa shape index (κ1) is 23.0. The first-order valence-corrected chi connectivity index (χ1v) is 13.1. The summed E-state index contributed by atoms with van der Waals surface area (Å²) in [5.74, 6) is -0.282. The zero-order chi connectivity index (χ0) is 24.2. The molecular formula is C26H25ClF2N4OS. The highest BCUT2D eigenvalue weighted by molar-refractivity contribution is 7.15. The first-order valence-electron chi connectivity index (χ1n) is 11.9. The number of nitrogens with zero attached hydrogens (tertiary/aromatic N) is 3. The summed E-state index contributed by atoms with van der Waals surface area (Å²) < 4.78 is 28.4. The zero-order valence-corrected chi connectivity index (χ0v) is 20.6. The molecule has 0 unspecified atom stereocenters. The monoisotopic (exact) mass is 514 g/mol.